The summed E-state index contributed by atoms with van der Waals surface area (Å²) in [6.45, 7) is 6.14. The largest absolute Gasteiger partial charge is 0.310 e. The van der Waals surface area contributed by atoms with E-state index < -0.39 is 5.79 Å². The minimum atomic E-state index is -0.688. The molecular formula is C12H14O3. The van der Waals surface area contributed by atoms with Crippen LogP contribution in [0.1, 0.15) is 38.2 Å². The molecule has 2 bridgehead atoms. The van der Waals surface area contributed by atoms with Gasteiger partial charge < -0.3 is 4.74 Å². The predicted octanol–water partition coefficient (Wildman–Crippen LogP) is 2.67. The fourth-order valence-electron chi connectivity index (χ4n) is 2.26. The second-order valence-electron chi connectivity index (χ2n) is 4.79. The smallest absolute Gasteiger partial charge is 0.220 e. The molecule has 0 saturated carbocycles. The summed E-state index contributed by atoms with van der Waals surface area (Å²) < 4.78 is 5.78. The Balaban J connectivity index is 2.26. The van der Waals surface area contributed by atoms with E-state index in [9.17, 15) is 0 Å². The summed E-state index contributed by atoms with van der Waals surface area (Å²) >= 11 is 0. The molecule has 0 spiro atoms. The molecule has 1 aromatic rings. The molecule has 3 rings (SSSR count). The predicted molar refractivity (Wildman–Crippen MR) is 53.9 cm³/mol. The van der Waals surface area contributed by atoms with Crippen LogP contribution in [0.25, 0.3) is 0 Å². The SMILES string of the molecule is CC1(C)c2ccccc2[C@@H]2OO[C@@]1(C)O2. The van der Waals surface area contributed by atoms with Crippen molar-refractivity contribution in [2.45, 2.75) is 38.3 Å². The van der Waals surface area contributed by atoms with Gasteiger partial charge in [-0.15, -0.1) is 0 Å². The van der Waals surface area contributed by atoms with Gasteiger partial charge in [0.05, 0.1) is 0 Å². The second kappa shape index (κ2) is 2.61. The third-order valence-electron chi connectivity index (χ3n) is 3.65. The van der Waals surface area contributed by atoms with Crippen molar-refractivity contribution in [2.24, 2.45) is 0 Å². The van der Waals surface area contributed by atoms with E-state index in [0.717, 1.165) is 5.56 Å². The minimum Gasteiger partial charge on any atom is -0.310 e. The fraction of sp³-hybridized carbons (Fsp3) is 0.500. The Hall–Kier alpha value is -0.900. The zero-order chi connectivity index (χ0) is 10.7. The molecule has 1 fully saturated rings. The molecule has 0 radical (unpaired) electrons. The van der Waals surface area contributed by atoms with E-state index in [2.05, 4.69) is 19.9 Å². The van der Waals surface area contributed by atoms with Crippen molar-refractivity contribution in [1.29, 1.82) is 0 Å². The van der Waals surface area contributed by atoms with Crippen molar-refractivity contribution in [3.05, 3.63) is 35.4 Å². The lowest BCUT2D eigenvalue weighted by Gasteiger charge is -2.41. The Morgan fingerprint density at radius 1 is 1.13 bits per heavy atom. The quantitative estimate of drug-likeness (QED) is 0.611. The van der Waals surface area contributed by atoms with Crippen LogP contribution in [-0.4, -0.2) is 5.79 Å². The normalized spacial score (nSPS) is 36.3. The molecule has 0 unspecified atom stereocenters. The Kier molecular flexibility index (Phi) is 1.63. The zero-order valence-corrected chi connectivity index (χ0v) is 9.11. The minimum absolute atomic E-state index is 0.212. The number of hydrogen-bond donors (Lipinski definition) is 0. The maximum absolute atomic E-state index is 5.78. The van der Waals surface area contributed by atoms with Crippen LogP contribution in [0.15, 0.2) is 24.3 Å². The van der Waals surface area contributed by atoms with Crippen molar-refractivity contribution >= 4 is 0 Å². The van der Waals surface area contributed by atoms with E-state index in [-0.39, 0.29) is 11.7 Å². The molecule has 0 aromatic heterocycles. The van der Waals surface area contributed by atoms with Gasteiger partial charge in [0.15, 0.2) is 0 Å². The average Bonchev–Trinajstić information content (AvgIpc) is 2.59. The van der Waals surface area contributed by atoms with Gasteiger partial charge in [-0.3, -0.25) is 0 Å². The molecule has 2 atom stereocenters. The summed E-state index contributed by atoms with van der Waals surface area (Å²) in [5.74, 6) is -0.688. The zero-order valence-electron chi connectivity index (χ0n) is 9.11. The number of hydrogen-bond acceptors (Lipinski definition) is 3. The molecule has 3 heteroatoms. The van der Waals surface area contributed by atoms with Crippen molar-refractivity contribution in [2.75, 3.05) is 0 Å². The summed E-state index contributed by atoms with van der Waals surface area (Å²) in [7, 11) is 0. The van der Waals surface area contributed by atoms with Crippen LogP contribution in [0.2, 0.25) is 0 Å². The van der Waals surface area contributed by atoms with Gasteiger partial charge in [-0.05, 0) is 12.5 Å². The lowest BCUT2D eigenvalue weighted by molar-refractivity contribution is -0.337. The molecule has 0 amide bonds. The lowest BCUT2D eigenvalue weighted by Crippen LogP contribution is -2.48. The van der Waals surface area contributed by atoms with Gasteiger partial charge in [-0.1, -0.05) is 38.1 Å². The van der Waals surface area contributed by atoms with Crippen molar-refractivity contribution in [3.8, 4) is 0 Å². The first kappa shape index (κ1) is 9.33. The number of benzene rings is 1. The summed E-state index contributed by atoms with van der Waals surface area (Å²) in [4.78, 5) is 10.6. The van der Waals surface area contributed by atoms with Crippen LogP contribution in [0.4, 0.5) is 0 Å². The first-order valence-corrected chi connectivity index (χ1v) is 5.16. The lowest BCUT2D eigenvalue weighted by atomic mass is 9.74. The van der Waals surface area contributed by atoms with E-state index in [1.807, 2.05) is 25.1 Å². The van der Waals surface area contributed by atoms with Gasteiger partial charge in [-0.2, -0.15) is 9.78 Å². The first-order valence-electron chi connectivity index (χ1n) is 5.16. The third kappa shape index (κ3) is 1.00. The van der Waals surface area contributed by atoms with Crippen LogP contribution >= 0.6 is 0 Å². The van der Waals surface area contributed by atoms with Crippen molar-refractivity contribution < 1.29 is 14.5 Å². The number of rotatable bonds is 0. The second-order valence-corrected chi connectivity index (χ2v) is 4.79. The van der Waals surface area contributed by atoms with E-state index in [0.29, 0.717) is 0 Å². The molecule has 1 saturated heterocycles. The highest BCUT2D eigenvalue weighted by Gasteiger charge is 2.57. The number of fused-ring (bicyclic) bond motifs is 4. The first-order chi connectivity index (χ1) is 7.05. The van der Waals surface area contributed by atoms with E-state index in [4.69, 9.17) is 14.5 Å². The molecule has 3 nitrogen and oxygen atoms in total. The maximum atomic E-state index is 5.78. The highest BCUT2D eigenvalue weighted by molar-refractivity contribution is 5.38. The van der Waals surface area contributed by atoms with Gasteiger partial charge in [0, 0.05) is 11.0 Å². The molecule has 1 aromatic carbocycles. The topological polar surface area (TPSA) is 27.7 Å². The van der Waals surface area contributed by atoms with E-state index in [1.165, 1.54) is 5.56 Å². The molecule has 0 aliphatic carbocycles. The van der Waals surface area contributed by atoms with Crippen LogP contribution in [-0.2, 0) is 19.9 Å². The summed E-state index contributed by atoms with van der Waals surface area (Å²) in [6, 6.07) is 8.16. The van der Waals surface area contributed by atoms with Crippen LogP contribution in [0, 0.1) is 0 Å². The molecular weight excluding hydrogens is 192 g/mol. The van der Waals surface area contributed by atoms with Crippen LogP contribution in [0.5, 0.6) is 0 Å². The molecule has 2 heterocycles. The standard InChI is InChI=1S/C12H14O3/c1-11(2)9-7-5-4-6-8(9)10-13-12(11,3)15-14-10/h4-7,10H,1-3H3/t10-,12+/m0/s1. The Labute approximate surface area is 88.9 Å². The Morgan fingerprint density at radius 2 is 1.87 bits per heavy atom. The summed E-state index contributed by atoms with van der Waals surface area (Å²) in [5.41, 5.74) is 2.09. The van der Waals surface area contributed by atoms with Crippen LogP contribution in [0.3, 0.4) is 0 Å². The molecule has 80 valence electrons. The maximum Gasteiger partial charge on any atom is 0.220 e. The van der Waals surface area contributed by atoms with E-state index >= 15 is 0 Å². The highest BCUT2D eigenvalue weighted by atomic mass is 17.3. The molecule has 2 aliphatic rings. The van der Waals surface area contributed by atoms with Gasteiger partial charge in [0.25, 0.3) is 0 Å². The fourth-order valence-corrected chi connectivity index (χ4v) is 2.26. The van der Waals surface area contributed by atoms with Crippen molar-refractivity contribution in [3.63, 3.8) is 0 Å². The summed E-state index contributed by atoms with van der Waals surface area (Å²) in [5, 5.41) is 0. The molecule has 15 heavy (non-hydrogen) atoms. The summed E-state index contributed by atoms with van der Waals surface area (Å²) in [6.07, 6.45) is -0.376. The van der Waals surface area contributed by atoms with Gasteiger partial charge in [0.1, 0.15) is 0 Å². The monoisotopic (exact) mass is 206 g/mol. The van der Waals surface area contributed by atoms with Gasteiger partial charge in [-0.25, -0.2) is 0 Å². The third-order valence-corrected chi connectivity index (χ3v) is 3.65. The van der Waals surface area contributed by atoms with Gasteiger partial charge >= 0.3 is 0 Å². The Bertz CT molecular complexity index is 413. The molecule has 0 N–H and O–H groups in total. The van der Waals surface area contributed by atoms with Crippen LogP contribution < -0.4 is 0 Å². The van der Waals surface area contributed by atoms with E-state index in [1.54, 1.807) is 0 Å². The van der Waals surface area contributed by atoms with Gasteiger partial charge in [0.2, 0.25) is 12.1 Å². The molecule has 2 aliphatic heterocycles. The van der Waals surface area contributed by atoms with Crippen molar-refractivity contribution in [1.82, 2.24) is 0 Å². The average molecular weight is 206 g/mol. The highest BCUT2D eigenvalue weighted by Crippen LogP contribution is 2.53. The Morgan fingerprint density at radius 3 is 2.67 bits per heavy atom. The number of ether oxygens (including phenoxy) is 1.